The van der Waals surface area contributed by atoms with Gasteiger partial charge in [0.25, 0.3) is 0 Å². The molecule has 3 heteroatoms. The van der Waals surface area contributed by atoms with E-state index in [1.165, 1.54) is 57.2 Å². The lowest BCUT2D eigenvalue weighted by Crippen LogP contribution is -2.56. The predicted molar refractivity (Wildman–Crippen MR) is 100 cm³/mol. The van der Waals surface area contributed by atoms with Crippen molar-refractivity contribution in [3.05, 3.63) is 35.9 Å². The lowest BCUT2D eigenvalue weighted by Gasteiger charge is -2.47. The molecule has 0 spiro atoms. The first-order chi connectivity index (χ1) is 11.7. The van der Waals surface area contributed by atoms with Crippen LogP contribution in [0.2, 0.25) is 0 Å². The maximum Gasteiger partial charge on any atom is 0.0320 e. The van der Waals surface area contributed by atoms with Crippen molar-refractivity contribution in [3.8, 4) is 0 Å². The first-order valence-electron chi connectivity index (χ1n) is 9.97. The Hall–Kier alpha value is -0.900. The summed E-state index contributed by atoms with van der Waals surface area (Å²) >= 11 is 0. The molecule has 1 aromatic rings. The molecule has 3 heterocycles. The van der Waals surface area contributed by atoms with Gasteiger partial charge < -0.3 is 10.2 Å². The molecular weight excluding hydrogens is 294 g/mol. The Morgan fingerprint density at radius 3 is 2.42 bits per heavy atom. The molecule has 0 aliphatic carbocycles. The topological polar surface area (TPSA) is 18.5 Å². The molecule has 3 saturated heterocycles. The van der Waals surface area contributed by atoms with Crippen LogP contribution >= 0.6 is 0 Å². The lowest BCUT2D eigenvalue weighted by molar-refractivity contribution is 0.0459. The van der Waals surface area contributed by atoms with Crippen molar-refractivity contribution in [1.82, 2.24) is 15.1 Å². The Labute approximate surface area is 147 Å². The second kappa shape index (κ2) is 7.15. The number of nitrogens with zero attached hydrogens (tertiary/aromatic N) is 2. The van der Waals surface area contributed by atoms with E-state index in [-0.39, 0.29) is 0 Å². The molecule has 4 rings (SSSR count). The molecule has 5 atom stereocenters. The van der Waals surface area contributed by atoms with Gasteiger partial charge in [-0.15, -0.1) is 0 Å². The van der Waals surface area contributed by atoms with Crippen molar-refractivity contribution in [3.63, 3.8) is 0 Å². The first kappa shape index (κ1) is 16.6. The average molecular weight is 328 g/mol. The third-order valence-corrected chi connectivity index (χ3v) is 6.86. The Morgan fingerprint density at radius 2 is 1.71 bits per heavy atom. The standard InChI is InChI=1S/C21H33N3/c1-16(17-7-4-3-5-8-17)24-12-11-18(15-24)22-19-13-20-9-6-10-21(14-19)23(20)2/h3-5,7-8,16,18-22H,6,9-15H2,1-2H3/t16-,18-,19?,20-,21+/m0/s1. The first-order valence-corrected chi connectivity index (χ1v) is 9.97. The number of hydrogen-bond acceptors (Lipinski definition) is 3. The molecule has 3 aliphatic heterocycles. The number of likely N-dealkylation sites (tertiary alicyclic amines) is 1. The zero-order valence-corrected chi connectivity index (χ0v) is 15.3. The molecule has 24 heavy (non-hydrogen) atoms. The molecule has 0 saturated carbocycles. The molecule has 3 fully saturated rings. The van der Waals surface area contributed by atoms with Gasteiger partial charge in [-0.05, 0) is 51.6 Å². The number of rotatable bonds is 4. The fourth-order valence-electron chi connectivity index (χ4n) is 5.30. The Morgan fingerprint density at radius 1 is 1.00 bits per heavy atom. The second-order valence-electron chi connectivity index (χ2n) is 8.31. The molecule has 1 unspecified atom stereocenters. The maximum absolute atomic E-state index is 4.03. The van der Waals surface area contributed by atoms with Gasteiger partial charge in [0, 0.05) is 43.3 Å². The van der Waals surface area contributed by atoms with Gasteiger partial charge in [0.1, 0.15) is 0 Å². The second-order valence-corrected chi connectivity index (χ2v) is 8.31. The summed E-state index contributed by atoms with van der Waals surface area (Å²) in [6.07, 6.45) is 8.28. The highest BCUT2D eigenvalue weighted by Crippen LogP contribution is 2.33. The van der Waals surface area contributed by atoms with Crippen LogP contribution in [-0.2, 0) is 0 Å². The molecule has 0 aromatic heterocycles. The maximum atomic E-state index is 4.03. The van der Waals surface area contributed by atoms with Crippen LogP contribution in [0.15, 0.2) is 30.3 Å². The molecule has 2 bridgehead atoms. The van der Waals surface area contributed by atoms with Crippen LogP contribution in [0.4, 0.5) is 0 Å². The number of nitrogens with one attached hydrogen (secondary N) is 1. The molecular formula is C21H33N3. The Kier molecular flexibility index (Phi) is 4.93. The smallest absolute Gasteiger partial charge is 0.0320 e. The van der Waals surface area contributed by atoms with Crippen molar-refractivity contribution in [2.75, 3.05) is 20.1 Å². The van der Waals surface area contributed by atoms with Gasteiger partial charge >= 0.3 is 0 Å². The quantitative estimate of drug-likeness (QED) is 0.914. The van der Waals surface area contributed by atoms with Crippen LogP contribution in [0.5, 0.6) is 0 Å². The zero-order valence-electron chi connectivity index (χ0n) is 15.3. The molecule has 0 amide bonds. The van der Waals surface area contributed by atoms with Gasteiger partial charge in [0.05, 0.1) is 0 Å². The van der Waals surface area contributed by atoms with Crippen LogP contribution < -0.4 is 5.32 Å². The molecule has 1 N–H and O–H groups in total. The summed E-state index contributed by atoms with van der Waals surface area (Å²) in [6.45, 7) is 4.79. The summed E-state index contributed by atoms with van der Waals surface area (Å²) in [5.41, 5.74) is 1.45. The lowest BCUT2D eigenvalue weighted by atomic mass is 9.82. The fraction of sp³-hybridized carbons (Fsp3) is 0.714. The number of hydrogen-bond donors (Lipinski definition) is 1. The molecule has 1 aromatic carbocycles. The van der Waals surface area contributed by atoms with Gasteiger partial charge in [-0.25, -0.2) is 0 Å². The van der Waals surface area contributed by atoms with Crippen LogP contribution in [0.25, 0.3) is 0 Å². The third-order valence-electron chi connectivity index (χ3n) is 6.86. The number of benzene rings is 1. The monoisotopic (exact) mass is 327 g/mol. The van der Waals surface area contributed by atoms with Crippen molar-refractivity contribution >= 4 is 0 Å². The summed E-state index contributed by atoms with van der Waals surface area (Å²) in [6, 6.07) is 14.6. The summed E-state index contributed by atoms with van der Waals surface area (Å²) < 4.78 is 0. The van der Waals surface area contributed by atoms with Crippen LogP contribution in [0.3, 0.4) is 0 Å². The van der Waals surface area contributed by atoms with Gasteiger partial charge in [-0.3, -0.25) is 4.90 Å². The minimum atomic E-state index is 0.537. The van der Waals surface area contributed by atoms with E-state index in [2.05, 4.69) is 59.4 Å². The van der Waals surface area contributed by atoms with Gasteiger partial charge in [0.15, 0.2) is 0 Å². The summed E-state index contributed by atoms with van der Waals surface area (Å²) in [7, 11) is 2.35. The van der Waals surface area contributed by atoms with E-state index in [1.54, 1.807) is 0 Å². The van der Waals surface area contributed by atoms with E-state index in [4.69, 9.17) is 0 Å². The van der Waals surface area contributed by atoms with E-state index < -0.39 is 0 Å². The van der Waals surface area contributed by atoms with Gasteiger partial charge in [0.2, 0.25) is 0 Å². The van der Waals surface area contributed by atoms with Crippen molar-refractivity contribution in [2.24, 2.45) is 0 Å². The van der Waals surface area contributed by atoms with E-state index >= 15 is 0 Å². The molecule has 3 aliphatic rings. The van der Waals surface area contributed by atoms with Crippen LogP contribution in [0, 0.1) is 0 Å². The molecule has 0 radical (unpaired) electrons. The SMILES string of the molecule is C[C@@H](c1ccccc1)N1CC[C@H](NC2C[C@H]3CCC[C@@H](C2)N3C)C1. The Balaban J connectivity index is 1.31. The minimum absolute atomic E-state index is 0.537. The zero-order chi connectivity index (χ0) is 16.5. The normalized spacial score (nSPS) is 35.9. The highest BCUT2D eigenvalue weighted by Gasteiger charge is 2.37. The average Bonchev–Trinajstić information content (AvgIpc) is 3.04. The van der Waals surface area contributed by atoms with Gasteiger partial charge in [-0.2, -0.15) is 0 Å². The number of fused-ring (bicyclic) bond motifs is 2. The summed E-state index contributed by atoms with van der Waals surface area (Å²) in [5, 5.41) is 4.03. The van der Waals surface area contributed by atoms with E-state index in [0.717, 1.165) is 18.1 Å². The van der Waals surface area contributed by atoms with Crippen LogP contribution in [-0.4, -0.2) is 54.1 Å². The van der Waals surface area contributed by atoms with E-state index in [1.807, 2.05) is 0 Å². The number of piperidine rings is 2. The fourth-order valence-corrected chi connectivity index (χ4v) is 5.30. The van der Waals surface area contributed by atoms with Crippen molar-refractivity contribution < 1.29 is 0 Å². The van der Waals surface area contributed by atoms with Gasteiger partial charge in [-0.1, -0.05) is 36.8 Å². The van der Waals surface area contributed by atoms with Crippen LogP contribution in [0.1, 0.15) is 57.1 Å². The third kappa shape index (κ3) is 3.40. The summed E-state index contributed by atoms with van der Waals surface area (Å²) in [5.74, 6) is 0. The Bertz CT molecular complexity index is 517. The highest BCUT2D eigenvalue weighted by molar-refractivity contribution is 5.18. The van der Waals surface area contributed by atoms with Crippen molar-refractivity contribution in [2.45, 2.75) is 75.7 Å². The predicted octanol–water partition coefficient (Wildman–Crippen LogP) is 3.43. The summed E-state index contributed by atoms with van der Waals surface area (Å²) in [4.78, 5) is 5.32. The van der Waals surface area contributed by atoms with Crippen molar-refractivity contribution in [1.29, 1.82) is 0 Å². The van der Waals surface area contributed by atoms with E-state index in [9.17, 15) is 0 Å². The largest absolute Gasteiger partial charge is 0.310 e. The van der Waals surface area contributed by atoms with E-state index in [0.29, 0.717) is 12.1 Å². The molecule has 3 nitrogen and oxygen atoms in total. The highest BCUT2D eigenvalue weighted by atomic mass is 15.2. The minimum Gasteiger partial charge on any atom is -0.310 e. The molecule has 132 valence electrons.